The van der Waals surface area contributed by atoms with Gasteiger partial charge in [-0.05, 0) is 65.1 Å². The van der Waals surface area contributed by atoms with Crippen LogP contribution in [-0.4, -0.2) is 61.2 Å². The molecule has 0 atom stereocenters. The molecule has 238 valence electrons. The van der Waals surface area contributed by atoms with Crippen molar-refractivity contribution in [2.45, 2.75) is 0 Å². The second-order valence-corrected chi connectivity index (χ2v) is 8.34. The topological polar surface area (TPSA) is 189 Å². The summed E-state index contributed by atoms with van der Waals surface area (Å²) < 4.78 is 0. The number of hydrogen-bond acceptors (Lipinski definition) is 6. The number of carboxylic acids is 5. The van der Waals surface area contributed by atoms with Crippen LogP contribution in [0.1, 0.15) is 51.8 Å². The molecular formula is C35H33NaO10Si. The number of carbonyl (C=O) groups excluding carboxylic acids is 1. The van der Waals surface area contributed by atoms with Gasteiger partial charge in [0.25, 0.3) is 0 Å². The molecule has 0 saturated heterocycles. The van der Waals surface area contributed by atoms with Crippen molar-refractivity contribution in [3.63, 3.8) is 0 Å². The molecule has 4 N–H and O–H groups in total. The molecule has 0 heterocycles. The van der Waals surface area contributed by atoms with Crippen LogP contribution in [0.4, 0.5) is 0 Å². The molecule has 0 amide bonds. The summed E-state index contributed by atoms with van der Waals surface area (Å²) in [5.74, 6) is -4.65. The molecule has 0 spiro atoms. The Morgan fingerprint density at radius 1 is 0.340 bits per heavy atom. The average Bonchev–Trinajstić information content (AvgIpc) is 3.08. The Morgan fingerprint density at radius 2 is 0.489 bits per heavy atom. The molecule has 10 nitrogen and oxygen atoms in total. The first kappa shape index (κ1) is 43.8. The second kappa shape index (κ2) is 25.9. The van der Waals surface area contributed by atoms with Gasteiger partial charge in [-0.25, -0.2) is 19.2 Å². The van der Waals surface area contributed by atoms with Gasteiger partial charge in [0.2, 0.25) is 0 Å². The van der Waals surface area contributed by atoms with Gasteiger partial charge in [0.1, 0.15) is 0 Å². The van der Waals surface area contributed by atoms with E-state index in [2.05, 4.69) is 0 Å². The molecule has 12 heteroatoms. The van der Waals surface area contributed by atoms with Gasteiger partial charge >= 0.3 is 53.4 Å². The third-order valence-electron chi connectivity index (χ3n) is 5.09. The van der Waals surface area contributed by atoms with E-state index in [9.17, 15) is 29.1 Å². The Hall–Kier alpha value is -5.33. The summed E-state index contributed by atoms with van der Waals surface area (Å²) in [7, 11) is 0. The molecule has 0 bridgehead atoms. The Labute approximate surface area is 297 Å². The molecule has 0 aliphatic rings. The summed E-state index contributed by atoms with van der Waals surface area (Å²) >= 11 is 0. The van der Waals surface area contributed by atoms with Crippen LogP contribution in [0, 0.1) is 0 Å². The minimum absolute atomic E-state index is 0. The van der Waals surface area contributed by atoms with Crippen molar-refractivity contribution in [3.8, 4) is 0 Å². The van der Waals surface area contributed by atoms with Crippen molar-refractivity contribution in [1.29, 1.82) is 0 Å². The maximum Gasteiger partial charge on any atom is 1.00 e. The molecule has 0 aromatic heterocycles. The van der Waals surface area contributed by atoms with Crippen LogP contribution in [0.15, 0.2) is 152 Å². The van der Waals surface area contributed by atoms with E-state index in [1.807, 2.05) is 0 Å². The molecule has 0 saturated carbocycles. The van der Waals surface area contributed by atoms with E-state index < -0.39 is 29.8 Å². The van der Waals surface area contributed by atoms with Crippen molar-refractivity contribution >= 4 is 40.8 Å². The number of hydrogen-bond donors (Lipinski definition) is 4. The van der Waals surface area contributed by atoms with Crippen LogP contribution >= 0.6 is 0 Å². The predicted molar refractivity (Wildman–Crippen MR) is 176 cm³/mol. The van der Waals surface area contributed by atoms with E-state index >= 15 is 0 Å². The third-order valence-corrected chi connectivity index (χ3v) is 5.09. The van der Waals surface area contributed by atoms with Crippen LogP contribution in [0.5, 0.6) is 0 Å². The summed E-state index contributed by atoms with van der Waals surface area (Å²) in [5.41, 5.74) is 1.54. The second-order valence-electron chi connectivity index (χ2n) is 8.34. The molecular weight excluding hydrogens is 631 g/mol. The van der Waals surface area contributed by atoms with E-state index in [4.69, 9.17) is 20.4 Å². The summed E-state index contributed by atoms with van der Waals surface area (Å²) in [6.45, 7) is 0. The molecule has 0 fully saturated rings. The maximum atomic E-state index is 10.2. The first-order valence-electron chi connectivity index (χ1n) is 12.9. The van der Waals surface area contributed by atoms with Gasteiger partial charge < -0.3 is 30.3 Å². The van der Waals surface area contributed by atoms with Gasteiger partial charge in [0.05, 0.1) is 28.2 Å². The number of rotatable bonds is 5. The number of carbonyl (C=O) groups is 5. The van der Waals surface area contributed by atoms with E-state index in [-0.39, 0.29) is 46.1 Å². The van der Waals surface area contributed by atoms with Crippen molar-refractivity contribution in [2.75, 3.05) is 0 Å². The average molecular weight is 665 g/mol. The SMILES string of the molecule is O=C(O)c1ccccc1.O=C(O)c1ccccc1.O=C(O)c1ccccc1.O=C(O)c1ccccc1.O=C([O-])c1ccccc1.[Na+].[SiH4]. The summed E-state index contributed by atoms with van der Waals surface area (Å²) in [5, 5.41) is 43.6. The quantitative estimate of drug-likeness (QED) is 0.198. The molecule has 47 heavy (non-hydrogen) atoms. The maximum absolute atomic E-state index is 10.2. The fraction of sp³-hybridized carbons (Fsp3) is 0. The van der Waals surface area contributed by atoms with Crippen molar-refractivity contribution in [2.24, 2.45) is 0 Å². The standard InChI is InChI=1S/5C7H6O2.Na.H4Si/c5*8-7(9)6-4-2-1-3-5-6;;/h5*1-5H,(H,8,9);;1H4/q;;;;;+1;/p-1. The number of aromatic carboxylic acids is 5. The molecule has 5 rings (SSSR count). The first-order valence-corrected chi connectivity index (χ1v) is 12.9. The smallest absolute Gasteiger partial charge is 0.545 e. The minimum atomic E-state index is -1.13. The fourth-order valence-electron chi connectivity index (χ4n) is 2.90. The molecule has 0 unspecified atom stereocenters. The molecule has 0 radical (unpaired) electrons. The van der Waals surface area contributed by atoms with Crippen molar-refractivity contribution in [3.05, 3.63) is 179 Å². The van der Waals surface area contributed by atoms with E-state index in [0.29, 0.717) is 22.3 Å². The van der Waals surface area contributed by atoms with Gasteiger partial charge in [0.15, 0.2) is 0 Å². The Balaban J connectivity index is 0. The van der Waals surface area contributed by atoms with Crippen molar-refractivity contribution < 1.29 is 79.1 Å². The van der Waals surface area contributed by atoms with Crippen LogP contribution in [0.2, 0.25) is 0 Å². The van der Waals surface area contributed by atoms with Gasteiger partial charge in [-0.2, -0.15) is 0 Å². The Bertz CT molecular complexity index is 1320. The van der Waals surface area contributed by atoms with Crippen LogP contribution in [0.25, 0.3) is 0 Å². The van der Waals surface area contributed by atoms with E-state index in [1.165, 1.54) is 12.1 Å². The van der Waals surface area contributed by atoms with E-state index in [0.717, 1.165) is 0 Å². The first-order chi connectivity index (χ1) is 21.5. The molecule has 0 aliphatic carbocycles. The van der Waals surface area contributed by atoms with Gasteiger partial charge in [0, 0.05) is 0 Å². The van der Waals surface area contributed by atoms with Crippen LogP contribution in [-0.2, 0) is 0 Å². The zero-order chi connectivity index (χ0) is 33.5. The Kier molecular flexibility index (Phi) is 24.2. The zero-order valence-corrected chi connectivity index (χ0v) is 26.7. The molecule has 5 aromatic rings. The Morgan fingerprint density at radius 3 is 0.574 bits per heavy atom. The van der Waals surface area contributed by atoms with Gasteiger partial charge in [-0.1, -0.05) is 103 Å². The van der Waals surface area contributed by atoms with Crippen molar-refractivity contribution in [1.82, 2.24) is 0 Å². The van der Waals surface area contributed by atoms with Crippen LogP contribution < -0.4 is 34.7 Å². The number of benzene rings is 5. The molecule has 5 aromatic carbocycles. The predicted octanol–water partition coefficient (Wildman–Crippen LogP) is 1.14. The summed E-state index contributed by atoms with van der Waals surface area (Å²) in [4.78, 5) is 50.9. The zero-order valence-electron chi connectivity index (χ0n) is 24.7. The van der Waals surface area contributed by atoms with Gasteiger partial charge in [-0.15, -0.1) is 0 Å². The largest absolute Gasteiger partial charge is 1.00 e. The third kappa shape index (κ3) is 20.3. The monoisotopic (exact) mass is 664 g/mol. The molecule has 0 aliphatic heterocycles. The number of carboxylic acid groups (broad SMARTS) is 5. The minimum Gasteiger partial charge on any atom is -0.545 e. The summed E-state index contributed by atoms with van der Waals surface area (Å²) in [6, 6.07) is 41.2. The van der Waals surface area contributed by atoms with E-state index in [1.54, 1.807) is 140 Å². The van der Waals surface area contributed by atoms with Crippen LogP contribution in [0.3, 0.4) is 0 Å². The fourth-order valence-corrected chi connectivity index (χ4v) is 2.90. The van der Waals surface area contributed by atoms with Gasteiger partial charge in [-0.3, -0.25) is 0 Å². The summed E-state index contributed by atoms with van der Waals surface area (Å²) in [6.07, 6.45) is 0. The normalized spacial score (nSPS) is 8.51.